The molecule has 0 radical (unpaired) electrons. The molecule has 0 aromatic heterocycles. The van der Waals surface area contributed by atoms with Crippen molar-refractivity contribution in [1.29, 1.82) is 0 Å². The van der Waals surface area contributed by atoms with E-state index in [2.05, 4.69) is 218 Å². The number of rotatable bonds is 7. The van der Waals surface area contributed by atoms with Crippen LogP contribution in [0.5, 0.6) is 0 Å². The number of allylic oxidation sites excluding steroid dienone is 2. The van der Waals surface area contributed by atoms with Gasteiger partial charge >= 0.3 is 0 Å². The summed E-state index contributed by atoms with van der Waals surface area (Å²) in [5.41, 5.74) is 20.6. The smallest absolute Gasteiger partial charge is 0.0540 e. The fourth-order valence-corrected chi connectivity index (χ4v) is 10.9. The molecule has 0 N–H and O–H groups in total. The van der Waals surface area contributed by atoms with Crippen molar-refractivity contribution in [3.63, 3.8) is 0 Å². The van der Waals surface area contributed by atoms with E-state index in [0.717, 1.165) is 23.0 Å². The van der Waals surface area contributed by atoms with Gasteiger partial charge in [0.25, 0.3) is 0 Å². The predicted octanol–water partition coefficient (Wildman–Crippen LogP) is 15.9. The highest BCUT2D eigenvalue weighted by atomic mass is 15.1. The molecule has 0 amide bonds. The third-order valence-corrected chi connectivity index (χ3v) is 13.4. The van der Waals surface area contributed by atoms with Gasteiger partial charge in [0.05, 0.1) is 5.69 Å². The monoisotopic (exact) mass is 757 g/mol. The predicted molar refractivity (Wildman–Crippen MR) is 248 cm³/mol. The SMILES string of the molecule is CC1C=C2CC(CCC23c2ccccc2-c2c(-c4cccc(-c5ccccc5N(c5ccc(-c6ccccc6)cc5)c5cccc(-c6ccccc6)c5)c4)cccc23)C1. The van der Waals surface area contributed by atoms with Gasteiger partial charge in [-0.2, -0.15) is 0 Å². The van der Waals surface area contributed by atoms with Crippen molar-refractivity contribution in [1.82, 2.24) is 0 Å². The Bertz CT molecular complexity index is 2850. The number of hydrogen-bond donors (Lipinski definition) is 0. The summed E-state index contributed by atoms with van der Waals surface area (Å²) in [4.78, 5) is 2.43. The summed E-state index contributed by atoms with van der Waals surface area (Å²) in [6.07, 6.45) is 7.70. The molecule has 8 aromatic rings. The summed E-state index contributed by atoms with van der Waals surface area (Å²) < 4.78 is 0. The van der Waals surface area contributed by atoms with E-state index in [0.29, 0.717) is 5.92 Å². The maximum Gasteiger partial charge on any atom is 0.0540 e. The zero-order valence-corrected chi connectivity index (χ0v) is 33.6. The maximum atomic E-state index is 2.64. The van der Waals surface area contributed by atoms with E-state index in [1.165, 1.54) is 92.4 Å². The number of hydrogen-bond acceptors (Lipinski definition) is 1. The highest BCUT2D eigenvalue weighted by Gasteiger charge is 2.50. The van der Waals surface area contributed by atoms with E-state index in [4.69, 9.17) is 0 Å². The van der Waals surface area contributed by atoms with Crippen molar-refractivity contribution in [3.8, 4) is 55.6 Å². The second-order valence-corrected chi connectivity index (χ2v) is 17.0. The van der Waals surface area contributed by atoms with Gasteiger partial charge in [-0.15, -0.1) is 0 Å². The number of benzene rings is 8. The van der Waals surface area contributed by atoms with Gasteiger partial charge < -0.3 is 4.90 Å². The highest BCUT2D eigenvalue weighted by Crippen LogP contribution is 2.62. The average molecular weight is 758 g/mol. The molecule has 3 aliphatic carbocycles. The fourth-order valence-electron chi connectivity index (χ4n) is 10.9. The Balaban J connectivity index is 1.05. The topological polar surface area (TPSA) is 3.24 Å². The standard InChI is InChI=1S/C58H47N/c1-40-35-41-33-34-58(48(36-40)37-41)54-26-10-8-24-53(54)57-52(25-14-27-55(57)58)47-21-12-20-46(38-47)51-23-9-11-28-56(51)59(49-31-29-44(30-32-49)42-15-4-2-5-16-42)50-22-13-19-45(39-50)43-17-6-3-7-18-43/h2-32,36,38-41H,33-35,37H2,1H3. The van der Waals surface area contributed by atoms with Gasteiger partial charge in [0.2, 0.25) is 0 Å². The van der Waals surface area contributed by atoms with Gasteiger partial charge in [-0.05, 0) is 135 Å². The Morgan fingerprint density at radius 1 is 0.458 bits per heavy atom. The van der Waals surface area contributed by atoms with Gasteiger partial charge in [-0.25, -0.2) is 0 Å². The lowest BCUT2D eigenvalue weighted by atomic mass is 9.58. The minimum Gasteiger partial charge on any atom is -0.310 e. The molecule has 3 unspecified atom stereocenters. The number of anilines is 3. The van der Waals surface area contributed by atoms with E-state index in [1.54, 1.807) is 5.57 Å². The van der Waals surface area contributed by atoms with Crippen LogP contribution in [0.4, 0.5) is 17.1 Å². The summed E-state index contributed by atoms with van der Waals surface area (Å²) in [7, 11) is 0. The second-order valence-electron chi connectivity index (χ2n) is 17.0. The molecule has 0 saturated heterocycles. The molecule has 3 aliphatic rings. The zero-order valence-electron chi connectivity index (χ0n) is 33.6. The van der Waals surface area contributed by atoms with Gasteiger partial charge in [0.1, 0.15) is 0 Å². The van der Waals surface area contributed by atoms with E-state index in [-0.39, 0.29) is 5.41 Å². The molecule has 1 saturated carbocycles. The lowest BCUT2D eigenvalue weighted by Crippen LogP contribution is -2.36. The van der Waals surface area contributed by atoms with Crippen molar-refractivity contribution >= 4 is 17.1 Å². The molecule has 2 bridgehead atoms. The molecule has 11 rings (SSSR count). The Kier molecular flexibility index (Phi) is 8.77. The molecular weight excluding hydrogens is 711 g/mol. The molecule has 284 valence electrons. The molecule has 1 spiro atoms. The van der Waals surface area contributed by atoms with Gasteiger partial charge in [0.15, 0.2) is 0 Å². The third-order valence-electron chi connectivity index (χ3n) is 13.4. The maximum absolute atomic E-state index is 2.64. The van der Waals surface area contributed by atoms with E-state index in [9.17, 15) is 0 Å². The van der Waals surface area contributed by atoms with Crippen LogP contribution in [-0.2, 0) is 5.41 Å². The van der Waals surface area contributed by atoms with Gasteiger partial charge in [-0.3, -0.25) is 0 Å². The largest absolute Gasteiger partial charge is 0.310 e. The highest BCUT2D eigenvalue weighted by molar-refractivity contribution is 5.96. The summed E-state index contributed by atoms with van der Waals surface area (Å²) in [5, 5.41) is 0. The first-order valence-electron chi connectivity index (χ1n) is 21.4. The second kappa shape index (κ2) is 14.6. The zero-order chi connectivity index (χ0) is 39.3. The summed E-state index contributed by atoms with van der Waals surface area (Å²) >= 11 is 0. The van der Waals surface area contributed by atoms with Gasteiger partial charge in [0, 0.05) is 22.4 Å². The summed E-state index contributed by atoms with van der Waals surface area (Å²) in [6, 6.07) is 74.0. The summed E-state index contributed by atoms with van der Waals surface area (Å²) in [6.45, 7) is 2.42. The third kappa shape index (κ3) is 6.07. The van der Waals surface area contributed by atoms with E-state index < -0.39 is 0 Å². The van der Waals surface area contributed by atoms with Crippen LogP contribution in [0.2, 0.25) is 0 Å². The van der Waals surface area contributed by atoms with Crippen LogP contribution in [-0.4, -0.2) is 0 Å². The minimum absolute atomic E-state index is 0.0256. The number of nitrogens with zero attached hydrogens (tertiary/aromatic N) is 1. The first kappa shape index (κ1) is 35.5. The van der Waals surface area contributed by atoms with Crippen LogP contribution in [0.25, 0.3) is 55.6 Å². The molecule has 0 heterocycles. The molecule has 8 aromatic carbocycles. The van der Waals surface area contributed by atoms with Crippen LogP contribution >= 0.6 is 0 Å². The van der Waals surface area contributed by atoms with Crippen molar-refractivity contribution in [3.05, 3.63) is 223 Å². The van der Waals surface area contributed by atoms with Crippen molar-refractivity contribution in [2.45, 2.75) is 38.0 Å². The van der Waals surface area contributed by atoms with Crippen LogP contribution in [0.1, 0.15) is 43.7 Å². The Morgan fingerprint density at radius 3 is 1.83 bits per heavy atom. The first-order chi connectivity index (χ1) is 29.1. The van der Waals surface area contributed by atoms with Crippen LogP contribution in [0, 0.1) is 11.8 Å². The summed E-state index contributed by atoms with van der Waals surface area (Å²) in [5.74, 6) is 1.45. The number of para-hydroxylation sites is 1. The fraction of sp³-hybridized carbons (Fsp3) is 0.138. The molecule has 3 atom stereocenters. The van der Waals surface area contributed by atoms with Crippen molar-refractivity contribution in [2.24, 2.45) is 11.8 Å². The van der Waals surface area contributed by atoms with Crippen molar-refractivity contribution < 1.29 is 0 Å². The van der Waals surface area contributed by atoms with E-state index >= 15 is 0 Å². The average Bonchev–Trinajstić information content (AvgIpc) is 3.59. The Morgan fingerprint density at radius 2 is 1.03 bits per heavy atom. The molecule has 1 heteroatoms. The van der Waals surface area contributed by atoms with Gasteiger partial charge in [-0.1, -0.05) is 182 Å². The molecular formula is C58H47N. The quantitative estimate of drug-likeness (QED) is 0.146. The number of fused-ring (bicyclic) bond motifs is 8. The van der Waals surface area contributed by atoms with Crippen molar-refractivity contribution in [2.75, 3.05) is 4.90 Å². The lowest BCUT2D eigenvalue weighted by molar-refractivity contribution is 0.284. The molecule has 1 nitrogen and oxygen atoms in total. The Labute approximate surface area is 349 Å². The first-order valence-corrected chi connectivity index (χ1v) is 21.4. The van der Waals surface area contributed by atoms with Crippen LogP contribution in [0.3, 0.4) is 0 Å². The normalized spacial score (nSPS) is 18.8. The van der Waals surface area contributed by atoms with Crippen LogP contribution in [0.15, 0.2) is 212 Å². The molecule has 0 aliphatic heterocycles. The van der Waals surface area contributed by atoms with E-state index in [1.807, 2.05) is 0 Å². The Hall–Kier alpha value is -6.70. The molecule has 59 heavy (non-hydrogen) atoms. The van der Waals surface area contributed by atoms with Crippen LogP contribution < -0.4 is 4.90 Å². The molecule has 1 fully saturated rings. The lowest BCUT2D eigenvalue weighted by Gasteiger charge is -2.45. The minimum atomic E-state index is -0.0256.